The number of ether oxygens (including phenoxy) is 1. The molecule has 1 aromatic carbocycles. The summed E-state index contributed by atoms with van der Waals surface area (Å²) in [4.78, 5) is 0. The van der Waals surface area contributed by atoms with Crippen LogP contribution in [0.5, 0.6) is 5.75 Å². The first-order chi connectivity index (χ1) is 8.95. The van der Waals surface area contributed by atoms with Gasteiger partial charge in [0.1, 0.15) is 5.75 Å². The van der Waals surface area contributed by atoms with Crippen LogP contribution in [0.3, 0.4) is 0 Å². The first-order valence-corrected chi connectivity index (χ1v) is 7.92. The summed E-state index contributed by atoms with van der Waals surface area (Å²) in [6.45, 7) is 5.14. The second-order valence-electron chi connectivity index (χ2n) is 4.82. The topological polar surface area (TPSA) is 41.5 Å². The third kappa shape index (κ3) is 4.74. The highest BCUT2D eigenvalue weighted by Gasteiger charge is 2.21. The Morgan fingerprint density at radius 2 is 2.05 bits per heavy atom. The summed E-state index contributed by atoms with van der Waals surface area (Å²) >= 11 is 6.99. The van der Waals surface area contributed by atoms with Crippen LogP contribution in [0, 0.1) is 0 Å². The molecule has 5 heteroatoms. The lowest BCUT2D eigenvalue weighted by molar-refractivity contribution is 0.214. The van der Waals surface area contributed by atoms with Crippen LogP contribution in [-0.4, -0.2) is 24.4 Å². The maximum Gasteiger partial charge on any atom is 0.137 e. The van der Waals surface area contributed by atoms with Gasteiger partial charge in [0, 0.05) is 28.7 Å². The lowest BCUT2D eigenvalue weighted by Crippen LogP contribution is -2.42. The zero-order chi connectivity index (χ0) is 14.5. The van der Waals surface area contributed by atoms with E-state index in [-0.39, 0.29) is 12.1 Å². The highest BCUT2D eigenvalue weighted by atomic mass is 79.9. The zero-order valence-electron chi connectivity index (χ0n) is 11.6. The summed E-state index contributed by atoms with van der Waals surface area (Å²) in [6.07, 6.45) is 1.70. The summed E-state index contributed by atoms with van der Waals surface area (Å²) in [5, 5.41) is 12.6. The van der Waals surface area contributed by atoms with Crippen LogP contribution < -0.4 is 10.1 Å². The number of halogens is 2. The average Bonchev–Trinajstić information content (AvgIpc) is 2.36. The van der Waals surface area contributed by atoms with E-state index in [1.54, 1.807) is 7.11 Å². The maximum absolute atomic E-state index is 9.14. The van der Waals surface area contributed by atoms with E-state index in [4.69, 9.17) is 9.84 Å². The molecule has 0 saturated carbocycles. The quantitative estimate of drug-likeness (QED) is 0.737. The van der Waals surface area contributed by atoms with Crippen molar-refractivity contribution < 1.29 is 9.84 Å². The van der Waals surface area contributed by atoms with Gasteiger partial charge in [-0.15, -0.1) is 0 Å². The standard InChI is InChI=1S/C14H21Br2NO2/c1-4-14(2,5-6-18)17-9-10-7-11(15)8-12(16)13(10)19-3/h7-8,17-18H,4-6,9H2,1-3H3. The molecule has 3 nitrogen and oxygen atoms in total. The summed E-state index contributed by atoms with van der Waals surface area (Å²) in [5.74, 6) is 0.846. The van der Waals surface area contributed by atoms with Gasteiger partial charge >= 0.3 is 0 Å². The van der Waals surface area contributed by atoms with Gasteiger partial charge < -0.3 is 15.2 Å². The fraction of sp³-hybridized carbons (Fsp3) is 0.571. The van der Waals surface area contributed by atoms with Crippen molar-refractivity contribution in [2.45, 2.75) is 38.8 Å². The van der Waals surface area contributed by atoms with Crippen molar-refractivity contribution >= 4 is 31.9 Å². The Hall–Kier alpha value is -0.100. The molecule has 0 heterocycles. The van der Waals surface area contributed by atoms with E-state index >= 15 is 0 Å². The van der Waals surface area contributed by atoms with Gasteiger partial charge in [0.05, 0.1) is 11.6 Å². The molecular formula is C14H21Br2NO2. The zero-order valence-corrected chi connectivity index (χ0v) is 14.8. The smallest absolute Gasteiger partial charge is 0.137 e. The minimum absolute atomic E-state index is 0.0610. The number of methoxy groups -OCH3 is 1. The number of aliphatic hydroxyl groups excluding tert-OH is 1. The maximum atomic E-state index is 9.14. The second-order valence-corrected chi connectivity index (χ2v) is 6.59. The Labute approximate surface area is 132 Å². The van der Waals surface area contributed by atoms with Crippen LogP contribution in [0.4, 0.5) is 0 Å². The Morgan fingerprint density at radius 3 is 2.58 bits per heavy atom. The molecule has 0 aliphatic rings. The number of benzene rings is 1. The Morgan fingerprint density at radius 1 is 1.37 bits per heavy atom. The molecule has 1 aromatic rings. The largest absolute Gasteiger partial charge is 0.495 e. The summed E-state index contributed by atoms with van der Waals surface area (Å²) in [5.41, 5.74) is 1.02. The molecule has 108 valence electrons. The fourth-order valence-electron chi connectivity index (χ4n) is 1.92. The molecule has 0 aliphatic carbocycles. The van der Waals surface area contributed by atoms with E-state index in [0.29, 0.717) is 6.54 Å². The molecule has 0 aromatic heterocycles. The lowest BCUT2D eigenvalue weighted by Gasteiger charge is -2.29. The van der Waals surface area contributed by atoms with Crippen LogP contribution in [0.1, 0.15) is 32.3 Å². The molecule has 0 bridgehead atoms. The number of rotatable bonds is 7. The van der Waals surface area contributed by atoms with Crippen molar-refractivity contribution in [3.63, 3.8) is 0 Å². The van der Waals surface area contributed by atoms with Gasteiger partial charge in [0.25, 0.3) is 0 Å². The molecule has 0 radical (unpaired) electrons. The van der Waals surface area contributed by atoms with Gasteiger partial charge in [-0.2, -0.15) is 0 Å². The summed E-state index contributed by atoms with van der Waals surface area (Å²) < 4.78 is 7.38. The third-order valence-electron chi connectivity index (χ3n) is 3.44. The van der Waals surface area contributed by atoms with Crippen LogP contribution >= 0.6 is 31.9 Å². The van der Waals surface area contributed by atoms with E-state index in [0.717, 1.165) is 33.1 Å². The lowest BCUT2D eigenvalue weighted by atomic mass is 9.94. The minimum Gasteiger partial charge on any atom is -0.495 e. The van der Waals surface area contributed by atoms with E-state index in [9.17, 15) is 0 Å². The van der Waals surface area contributed by atoms with E-state index in [1.807, 2.05) is 12.1 Å². The molecule has 0 fully saturated rings. The molecule has 1 rings (SSSR count). The number of aliphatic hydroxyl groups is 1. The number of hydrogen-bond donors (Lipinski definition) is 2. The van der Waals surface area contributed by atoms with Crippen molar-refractivity contribution in [1.82, 2.24) is 5.32 Å². The van der Waals surface area contributed by atoms with Crippen LogP contribution in [0.25, 0.3) is 0 Å². The Balaban J connectivity index is 2.87. The first kappa shape index (κ1) is 17.0. The van der Waals surface area contributed by atoms with Crippen LogP contribution in [-0.2, 0) is 6.54 Å². The SMILES string of the molecule is CCC(C)(CCO)NCc1cc(Br)cc(Br)c1OC. The molecule has 19 heavy (non-hydrogen) atoms. The highest BCUT2D eigenvalue weighted by Crippen LogP contribution is 2.33. The molecule has 2 N–H and O–H groups in total. The molecule has 0 spiro atoms. The molecule has 0 aliphatic heterocycles. The summed E-state index contributed by atoms with van der Waals surface area (Å²) in [6, 6.07) is 4.01. The predicted octanol–water partition coefficient (Wildman–Crippen LogP) is 3.86. The van der Waals surface area contributed by atoms with Crippen molar-refractivity contribution in [2.75, 3.05) is 13.7 Å². The van der Waals surface area contributed by atoms with E-state index < -0.39 is 0 Å². The molecule has 1 atom stereocenters. The molecular weight excluding hydrogens is 374 g/mol. The normalized spacial score (nSPS) is 14.2. The van der Waals surface area contributed by atoms with Gasteiger partial charge in [0.2, 0.25) is 0 Å². The van der Waals surface area contributed by atoms with Crippen molar-refractivity contribution in [3.8, 4) is 5.75 Å². The van der Waals surface area contributed by atoms with Gasteiger partial charge in [-0.3, -0.25) is 0 Å². The Bertz CT molecular complexity index is 426. The van der Waals surface area contributed by atoms with E-state index in [2.05, 4.69) is 51.0 Å². The van der Waals surface area contributed by atoms with Crippen molar-refractivity contribution in [3.05, 3.63) is 26.6 Å². The van der Waals surface area contributed by atoms with Gasteiger partial charge in [-0.25, -0.2) is 0 Å². The fourth-order valence-corrected chi connectivity index (χ4v) is 3.39. The highest BCUT2D eigenvalue weighted by molar-refractivity contribution is 9.11. The second kappa shape index (κ2) is 7.62. The van der Waals surface area contributed by atoms with Crippen molar-refractivity contribution in [1.29, 1.82) is 0 Å². The summed E-state index contributed by atoms with van der Waals surface area (Å²) in [7, 11) is 1.67. The van der Waals surface area contributed by atoms with Crippen molar-refractivity contribution in [2.24, 2.45) is 0 Å². The minimum atomic E-state index is -0.0610. The monoisotopic (exact) mass is 393 g/mol. The third-order valence-corrected chi connectivity index (χ3v) is 4.49. The van der Waals surface area contributed by atoms with E-state index in [1.165, 1.54) is 0 Å². The van der Waals surface area contributed by atoms with Gasteiger partial charge in [-0.1, -0.05) is 22.9 Å². The molecule has 1 unspecified atom stereocenters. The average molecular weight is 395 g/mol. The molecule has 0 saturated heterocycles. The Kier molecular flexibility index (Phi) is 6.80. The number of nitrogens with one attached hydrogen (secondary N) is 1. The first-order valence-electron chi connectivity index (χ1n) is 6.33. The number of hydrogen-bond acceptors (Lipinski definition) is 3. The van der Waals surface area contributed by atoms with Crippen LogP contribution in [0.15, 0.2) is 21.1 Å². The molecule has 0 amide bonds. The van der Waals surface area contributed by atoms with Gasteiger partial charge in [0.15, 0.2) is 0 Å². The van der Waals surface area contributed by atoms with Crippen LogP contribution in [0.2, 0.25) is 0 Å². The predicted molar refractivity (Wildman–Crippen MR) is 85.6 cm³/mol. The van der Waals surface area contributed by atoms with Gasteiger partial charge in [-0.05, 0) is 47.8 Å².